The van der Waals surface area contributed by atoms with E-state index < -0.39 is 0 Å². The van der Waals surface area contributed by atoms with E-state index in [1.54, 1.807) is 30.0 Å². The van der Waals surface area contributed by atoms with E-state index in [9.17, 15) is 9.59 Å². The van der Waals surface area contributed by atoms with Gasteiger partial charge in [-0.05, 0) is 24.1 Å². The van der Waals surface area contributed by atoms with Gasteiger partial charge in [-0.15, -0.1) is 10.2 Å². The lowest BCUT2D eigenvalue weighted by Crippen LogP contribution is -2.25. The molecule has 2 heterocycles. The maximum Gasteiger partial charge on any atom is 0.262 e. The van der Waals surface area contributed by atoms with Crippen molar-refractivity contribution in [3.63, 3.8) is 0 Å². The van der Waals surface area contributed by atoms with Crippen LogP contribution in [0.5, 0.6) is 5.75 Å². The molecule has 1 aliphatic heterocycles. The van der Waals surface area contributed by atoms with Crippen LogP contribution < -0.4 is 10.1 Å². The van der Waals surface area contributed by atoms with Crippen molar-refractivity contribution >= 4 is 52.2 Å². The fraction of sp³-hybridized carbons (Fsp3) is 0.375. The van der Waals surface area contributed by atoms with E-state index in [4.69, 9.17) is 4.74 Å². The minimum atomic E-state index is -0.216. The average Bonchev–Trinajstić information content (AvgIpc) is 3.05. The Morgan fingerprint density at radius 2 is 2.08 bits per heavy atom. The van der Waals surface area contributed by atoms with Gasteiger partial charge in [-0.25, -0.2) is 0 Å². The van der Waals surface area contributed by atoms with Crippen LogP contribution in [0.2, 0.25) is 0 Å². The zero-order valence-electron chi connectivity index (χ0n) is 13.8. The van der Waals surface area contributed by atoms with Crippen LogP contribution in [-0.2, 0) is 4.79 Å². The Hall–Kier alpha value is -1.58. The fourth-order valence-electron chi connectivity index (χ4n) is 2.02. The number of nitrogens with one attached hydrogen (secondary N) is 1. The number of amides is 1. The molecule has 0 fully saturated rings. The van der Waals surface area contributed by atoms with Crippen molar-refractivity contribution in [2.45, 2.75) is 22.5 Å². The lowest BCUT2D eigenvalue weighted by atomic mass is 10.1. The van der Waals surface area contributed by atoms with Crippen molar-refractivity contribution in [2.24, 2.45) is 5.92 Å². The predicted molar refractivity (Wildman–Crippen MR) is 101 cm³/mol. The number of ether oxygens (including phenoxy) is 1. The number of ketones is 1. The number of rotatable bonds is 7. The first-order valence-corrected chi connectivity index (χ1v) is 10.5. The van der Waals surface area contributed by atoms with Crippen LogP contribution >= 0.6 is 34.9 Å². The van der Waals surface area contributed by atoms with Gasteiger partial charge < -0.3 is 10.1 Å². The number of thioether (sulfide) groups is 2. The number of carbonyl (C=O) groups excluding carboxylic acids is 2. The molecular formula is C16H17N3O3S3. The molecule has 0 saturated heterocycles. The van der Waals surface area contributed by atoms with E-state index in [2.05, 4.69) is 29.4 Å². The third-order valence-corrected chi connectivity index (χ3v) is 6.81. The van der Waals surface area contributed by atoms with Crippen LogP contribution in [0.1, 0.15) is 24.2 Å². The van der Waals surface area contributed by atoms with Crippen LogP contribution in [0.15, 0.2) is 26.9 Å². The van der Waals surface area contributed by atoms with Crippen molar-refractivity contribution in [3.05, 3.63) is 23.8 Å². The molecule has 9 heteroatoms. The molecule has 6 nitrogen and oxygen atoms in total. The van der Waals surface area contributed by atoms with Gasteiger partial charge in [-0.1, -0.05) is 48.7 Å². The Labute approximate surface area is 158 Å². The van der Waals surface area contributed by atoms with E-state index in [0.29, 0.717) is 22.9 Å². The number of nitrogens with zero attached hydrogens (tertiary/aromatic N) is 2. The molecular weight excluding hydrogens is 378 g/mol. The molecule has 0 unspecified atom stereocenters. The molecule has 1 amide bonds. The number of benzene rings is 1. The molecule has 1 N–H and O–H groups in total. The maximum absolute atomic E-state index is 12.4. The molecule has 25 heavy (non-hydrogen) atoms. The minimum absolute atomic E-state index is 0.00431. The van der Waals surface area contributed by atoms with Crippen molar-refractivity contribution in [2.75, 3.05) is 23.4 Å². The number of anilines is 1. The Morgan fingerprint density at radius 1 is 1.32 bits per heavy atom. The molecule has 3 rings (SSSR count). The second kappa shape index (κ2) is 8.20. The molecule has 1 aromatic carbocycles. The molecule has 1 aliphatic rings. The van der Waals surface area contributed by atoms with E-state index in [1.807, 2.05) is 0 Å². The Balaban J connectivity index is 1.58. The molecule has 0 saturated carbocycles. The van der Waals surface area contributed by atoms with Crippen molar-refractivity contribution in [3.8, 4) is 5.75 Å². The lowest BCUT2D eigenvalue weighted by Gasteiger charge is -2.18. The summed E-state index contributed by atoms with van der Waals surface area (Å²) in [6.07, 6.45) is 0. The molecule has 0 atom stereocenters. The van der Waals surface area contributed by atoms with Crippen LogP contribution in [0.4, 0.5) is 5.69 Å². The third-order valence-electron chi connectivity index (χ3n) is 3.19. The van der Waals surface area contributed by atoms with Gasteiger partial charge in [0.1, 0.15) is 5.75 Å². The number of aromatic nitrogens is 2. The first-order valence-electron chi connectivity index (χ1n) is 7.70. The second-order valence-corrected chi connectivity index (χ2v) is 9.27. The third kappa shape index (κ3) is 4.96. The summed E-state index contributed by atoms with van der Waals surface area (Å²) in [6, 6.07) is 5.07. The average molecular weight is 396 g/mol. The molecule has 0 aliphatic carbocycles. The van der Waals surface area contributed by atoms with Gasteiger partial charge in [0.05, 0.1) is 11.4 Å². The van der Waals surface area contributed by atoms with Crippen LogP contribution in [0.3, 0.4) is 0 Å². The summed E-state index contributed by atoms with van der Waals surface area (Å²) in [7, 11) is 0. The summed E-state index contributed by atoms with van der Waals surface area (Å²) >= 11 is 4.58. The Bertz CT molecular complexity index is 792. The number of Topliss-reactive ketones (excluding diaryl/α,β-unsaturated/α-hetero) is 1. The van der Waals surface area contributed by atoms with Crippen molar-refractivity contribution in [1.29, 1.82) is 0 Å². The first kappa shape index (κ1) is 18.2. The van der Waals surface area contributed by atoms with Gasteiger partial charge in [-0.2, -0.15) is 0 Å². The minimum Gasteiger partial charge on any atom is -0.482 e. The van der Waals surface area contributed by atoms with Gasteiger partial charge in [0.15, 0.2) is 21.1 Å². The number of hydrogen-bond acceptors (Lipinski definition) is 8. The molecule has 132 valence electrons. The Morgan fingerprint density at radius 3 is 2.84 bits per heavy atom. The maximum atomic E-state index is 12.4. The zero-order chi connectivity index (χ0) is 17.8. The monoisotopic (exact) mass is 395 g/mol. The van der Waals surface area contributed by atoms with Crippen LogP contribution in [0, 0.1) is 5.92 Å². The largest absolute Gasteiger partial charge is 0.482 e. The van der Waals surface area contributed by atoms with Gasteiger partial charge in [0.2, 0.25) is 0 Å². The highest BCUT2D eigenvalue weighted by atomic mass is 32.2. The highest BCUT2D eigenvalue weighted by Gasteiger charge is 2.18. The smallest absolute Gasteiger partial charge is 0.262 e. The highest BCUT2D eigenvalue weighted by Crippen LogP contribution is 2.31. The molecule has 1 aromatic heterocycles. The topological polar surface area (TPSA) is 81.2 Å². The normalized spacial score (nSPS) is 13.3. The standard InChI is InChI=1S/C16H17N3O3S3/c1-9(2)7-23-15-18-19-16(25-15)24-8-12(20)10-3-4-13-11(5-10)17-14(21)6-22-13/h3-5,9H,6-8H2,1-2H3,(H,17,21). The number of carbonyl (C=O) groups is 2. The van der Waals surface area contributed by atoms with E-state index in [0.717, 1.165) is 14.4 Å². The molecule has 2 aromatic rings. The Kier molecular flexibility index (Phi) is 5.98. The van der Waals surface area contributed by atoms with Gasteiger partial charge in [0, 0.05) is 11.3 Å². The fourth-order valence-corrected chi connectivity index (χ4v) is 4.91. The summed E-state index contributed by atoms with van der Waals surface area (Å²) in [5.74, 6) is 2.21. The van der Waals surface area contributed by atoms with Crippen LogP contribution in [-0.4, -0.2) is 40.0 Å². The molecule has 0 bridgehead atoms. The van der Waals surface area contributed by atoms with Crippen molar-refractivity contribution in [1.82, 2.24) is 10.2 Å². The summed E-state index contributed by atoms with van der Waals surface area (Å²) in [6.45, 7) is 4.33. The number of fused-ring (bicyclic) bond motifs is 1. The second-order valence-electron chi connectivity index (χ2n) is 5.80. The van der Waals surface area contributed by atoms with Crippen LogP contribution in [0.25, 0.3) is 0 Å². The summed E-state index contributed by atoms with van der Waals surface area (Å²) in [5, 5.41) is 11.0. The van der Waals surface area contributed by atoms with E-state index in [-0.39, 0.29) is 24.1 Å². The van der Waals surface area contributed by atoms with E-state index in [1.165, 1.54) is 23.1 Å². The summed E-state index contributed by atoms with van der Waals surface area (Å²) in [5.41, 5.74) is 1.08. The quantitative estimate of drug-likeness (QED) is 0.567. The van der Waals surface area contributed by atoms with Gasteiger partial charge in [-0.3, -0.25) is 9.59 Å². The predicted octanol–water partition coefficient (Wildman–Crippen LogP) is 3.59. The lowest BCUT2D eigenvalue weighted by molar-refractivity contribution is -0.118. The number of hydrogen-bond donors (Lipinski definition) is 1. The van der Waals surface area contributed by atoms with Crippen molar-refractivity contribution < 1.29 is 14.3 Å². The van der Waals surface area contributed by atoms with Gasteiger partial charge >= 0.3 is 0 Å². The van der Waals surface area contributed by atoms with Gasteiger partial charge in [0.25, 0.3) is 5.91 Å². The molecule has 0 spiro atoms. The summed E-state index contributed by atoms with van der Waals surface area (Å²) in [4.78, 5) is 23.8. The zero-order valence-corrected chi connectivity index (χ0v) is 16.2. The highest BCUT2D eigenvalue weighted by molar-refractivity contribution is 8.03. The molecule has 0 radical (unpaired) electrons. The SMILES string of the molecule is CC(C)CSc1nnc(SCC(=O)c2ccc3c(c2)NC(=O)CO3)s1. The first-order chi connectivity index (χ1) is 12.0. The van der Waals surface area contributed by atoms with E-state index >= 15 is 0 Å². The summed E-state index contributed by atoms with van der Waals surface area (Å²) < 4.78 is 7.01.